The fraction of sp³-hybridized carbons (Fsp3) is 0.235. The number of benzene rings is 2. The van der Waals surface area contributed by atoms with Gasteiger partial charge in [-0.05, 0) is 67.3 Å². The van der Waals surface area contributed by atoms with Crippen LogP contribution in [0.2, 0.25) is 0 Å². The van der Waals surface area contributed by atoms with Gasteiger partial charge in [-0.3, -0.25) is 24.4 Å². The lowest BCUT2D eigenvalue weighted by Crippen LogP contribution is -2.39. The summed E-state index contributed by atoms with van der Waals surface area (Å²) in [6.45, 7) is 6.91. The lowest BCUT2D eigenvalue weighted by atomic mass is 10.2. The van der Waals surface area contributed by atoms with Gasteiger partial charge < -0.3 is 20.3 Å². The van der Waals surface area contributed by atoms with E-state index in [0.29, 0.717) is 13.1 Å². The van der Waals surface area contributed by atoms with Crippen LogP contribution < -0.4 is 5.73 Å². The van der Waals surface area contributed by atoms with E-state index in [9.17, 15) is 19.2 Å². The molecule has 3 amide bonds. The maximum atomic E-state index is 12.4. The third-order valence-electron chi connectivity index (χ3n) is 6.32. The van der Waals surface area contributed by atoms with Crippen molar-refractivity contribution in [2.75, 3.05) is 6.61 Å². The zero-order chi connectivity index (χ0) is 31.9. The van der Waals surface area contributed by atoms with Gasteiger partial charge in [0.25, 0.3) is 0 Å². The Morgan fingerprint density at radius 2 is 1.09 bits per heavy atom. The topological polar surface area (TPSA) is 136 Å². The maximum Gasteiger partial charge on any atom is 0.397 e. The average molecular weight is 596 g/mol. The second kappa shape index (κ2) is 16.9. The average Bonchev–Trinajstić information content (AvgIpc) is 3.01. The largest absolute Gasteiger partial charge is 0.459 e. The number of carbonyl (C=O) groups excluding carboxylic acids is 4. The Kier molecular flexibility index (Phi) is 12.7. The summed E-state index contributed by atoms with van der Waals surface area (Å²) < 4.78 is 4.83. The number of aryl methyl sites for hydroxylation is 2. The van der Waals surface area contributed by atoms with Crippen molar-refractivity contribution in [2.24, 2.45) is 5.73 Å². The number of pyridine rings is 2. The first kappa shape index (κ1) is 33.1. The first-order valence-electron chi connectivity index (χ1n) is 14.1. The van der Waals surface area contributed by atoms with Gasteiger partial charge >= 0.3 is 23.7 Å². The van der Waals surface area contributed by atoms with E-state index >= 15 is 0 Å². The van der Waals surface area contributed by atoms with Crippen molar-refractivity contribution in [2.45, 2.75) is 47.0 Å². The summed E-state index contributed by atoms with van der Waals surface area (Å²) in [4.78, 5) is 58.6. The summed E-state index contributed by atoms with van der Waals surface area (Å²) >= 11 is 0. The number of esters is 1. The molecule has 228 valence electrons. The summed E-state index contributed by atoms with van der Waals surface area (Å²) in [7, 11) is 0. The van der Waals surface area contributed by atoms with Crippen LogP contribution in [-0.2, 0) is 50.1 Å². The molecule has 2 heterocycles. The Bertz CT molecular complexity index is 1550. The zero-order valence-electron chi connectivity index (χ0n) is 25.2. The van der Waals surface area contributed by atoms with E-state index in [1.165, 1.54) is 9.80 Å². The SMILES string of the molecule is CCOC(=O)C(=O)N(Cc1ccccc1)Cc1cc(C)ccn1.Cc1ccnc(CN(Cc2ccccc2)C(=O)C(N)=O)c1. The number of hydrogen-bond donors (Lipinski definition) is 1. The Morgan fingerprint density at radius 3 is 1.48 bits per heavy atom. The van der Waals surface area contributed by atoms with Crippen LogP contribution in [0.1, 0.15) is 40.6 Å². The molecule has 10 heteroatoms. The van der Waals surface area contributed by atoms with Crippen LogP contribution in [0.5, 0.6) is 0 Å². The third-order valence-corrected chi connectivity index (χ3v) is 6.32. The number of ether oxygens (including phenoxy) is 1. The Hall–Kier alpha value is -5.38. The number of aromatic nitrogens is 2. The quantitative estimate of drug-likeness (QED) is 0.229. The van der Waals surface area contributed by atoms with Gasteiger partial charge in [-0.25, -0.2) is 4.79 Å². The van der Waals surface area contributed by atoms with Crippen LogP contribution in [0.3, 0.4) is 0 Å². The second-order valence-electron chi connectivity index (χ2n) is 10.0. The van der Waals surface area contributed by atoms with E-state index in [2.05, 4.69) is 9.97 Å². The van der Waals surface area contributed by atoms with Crippen LogP contribution in [0.25, 0.3) is 0 Å². The molecular weight excluding hydrogens is 558 g/mol. The van der Waals surface area contributed by atoms with Gasteiger partial charge in [0, 0.05) is 25.5 Å². The lowest BCUT2D eigenvalue weighted by Gasteiger charge is -2.21. The van der Waals surface area contributed by atoms with Gasteiger partial charge in [-0.1, -0.05) is 60.7 Å². The molecule has 0 atom stereocenters. The third kappa shape index (κ3) is 10.8. The second-order valence-corrected chi connectivity index (χ2v) is 10.0. The van der Waals surface area contributed by atoms with Crippen molar-refractivity contribution in [1.29, 1.82) is 0 Å². The van der Waals surface area contributed by atoms with Gasteiger partial charge in [-0.2, -0.15) is 0 Å². The molecular formula is C34H37N5O5. The van der Waals surface area contributed by atoms with Crippen molar-refractivity contribution < 1.29 is 23.9 Å². The molecule has 0 fully saturated rings. The molecule has 2 aromatic heterocycles. The summed E-state index contributed by atoms with van der Waals surface area (Å²) in [5.74, 6) is -3.16. The molecule has 0 unspecified atom stereocenters. The molecule has 0 saturated heterocycles. The van der Waals surface area contributed by atoms with Gasteiger partial charge in [-0.15, -0.1) is 0 Å². The molecule has 2 aromatic carbocycles. The van der Waals surface area contributed by atoms with Crippen LogP contribution in [0, 0.1) is 13.8 Å². The highest BCUT2D eigenvalue weighted by Crippen LogP contribution is 2.12. The van der Waals surface area contributed by atoms with Crippen molar-refractivity contribution >= 4 is 23.7 Å². The van der Waals surface area contributed by atoms with Crippen LogP contribution in [0.15, 0.2) is 97.3 Å². The minimum atomic E-state index is -0.960. The maximum absolute atomic E-state index is 12.4. The van der Waals surface area contributed by atoms with Crippen molar-refractivity contribution in [1.82, 2.24) is 19.8 Å². The molecule has 0 bridgehead atoms. The van der Waals surface area contributed by atoms with E-state index in [1.807, 2.05) is 98.8 Å². The molecule has 10 nitrogen and oxygen atoms in total. The molecule has 0 saturated carbocycles. The summed E-state index contributed by atoms with van der Waals surface area (Å²) in [5.41, 5.74) is 10.6. The number of primary amides is 1. The lowest BCUT2D eigenvalue weighted by molar-refractivity contribution is -0.160. The van der Waals surface area contributed by atoms with E-state index in [4.69, 9.17) is 10.5 Å². The zero-order valence-corrected chi connectivity index (χ0v) is 25.2. The smallest absolute Gasteiger partial charge is 0.397 e. The Morgan fingerprint density at radius 1 is 0.659 bits per heavy atom. The number of carbonyl (C=O) groups is 4. The highest BCUT2D eigenvalue weighted by molar-refractivity contribution is 6.34. The number of nitrogens with two attached hydrogens (primary N) is 1. The molecule has 0 aliphatic rings. The number of hydrogen-bond acceptors (Lipinski definition) is 7. The standard InChI is InChI=1S/C18H20N2O3.C16H17N3O2/c1-3-23-18(22)17(21)20(12-15-7-5-4-6-8-15)13-16-11-14(2)9-10-19-16;1-12-7-8-18-14(9-12)11-19(16(21)15(17)20)10-13-5-3-2-4-6-13/h4-11H,3,12-13H2,1-2H3;2-9H,10-11H2,1H3,(H2,17,20). The Labute approximate surface area is 257 Å². The number of amides is 3. The Balaban J connectivity index is 0.000000241. The van der Waals surface area contributed by atoms with Gasteiger partial charge in [0.1, 0.15) is 0 Å². The van der Waals surface area contributed by atoms with E-state index < -0.39 is 23.7 Å². The first-order valence-corrected chi connectivity index (χ1v) is 14.1. The van der Waals surface area contributed by atoms with E-state index in [-0.39, 0.29) is 19.7 Å². The van der Waals surface area contributed by atoms with Gasteiger partial charge in [0.05, 0.1) is 31.1 Å². The first-order chi connectivity index (χ1) is 21.2. The van der Waals surface area contributed by atoms with Crippen LogP contribution in [0.4, 0.5) is 0 Å². The highest BCUT2D eigenvalue weighted by atomic mass is 16.5. The summed E-state index contributed by atoms with van der Waals surface area (Å²) in [6.07, 6.45) is 3.38. The number of rotatable bonds is 9. The summed E-state index contributed by atoms with van der Waals surface area (Å²) in [5, 5.41) is 0. The van der Waals surface area contributed by atoms with Crippen molar-refractivity contribution in [3.63, 3.8) is 0 Å². The van der Waals surface area contributed by atoms with E-state index in [1.54, 1.807) is 19.3 Å². The highest BCUT2D eigenvalue weighted by Gasteiger charge is 2.24. The molecule has 0 spiro atoms. The monoisotopic (exact) mass is 595 g/mol. The molecule has 0 radical (unpaired) electrons. The minimum Gasteiger partial charge on any atom is -0.459 e. The van der Waals surface area contributed by atoms with Crippen LogP contribution in [-0.4, -0.2) is 50.1 Å². The predicted octanol–water partition coefficient (Wildman–Crippen LogP) is 3.89. The van der Waals surface area contributed by atoms with Crippen molar-refractivity contribution in [3.8, 4) is 0 Å². The predicted molar refractivity (Wildman–Crippen MR) is 165 cm³/mol. The summed E-state index contributed by atoms with van der Waals surface area (Å²) in [6, 6.07) is 26.5. The number of nitrogens with zero attached hydrogens (tertiary/aromatic N) is 4. The molecule has 0 aliphatic heterocycles. The fourth-order valence-electron chi connectivity index (χ4n) is 4.25. The van der Waals surface area contributed by atoms with Crippen molar-refractivity contribution in [3.05, 3.63) is 131 Å². The minimum absolute atomic E-state index is 0.173. The molecule has 4 aromatic rings. The molecule has 2 N–H and O–H groups in total. The van der Waals surface area contributed by atoms with Gasteiger partial charge in [0.2, 0.25) is 0 Å². The molecule has 4 rings (SSSR count). The van der Waals surface area contributed by atoms with Gasteiger partial charge in [0.15, 0.2) is 0 Å². The fourth-order valence-corrected chi connectivity index (χ4v) is 4.25. The molecule has 0 aliphatic carbocycles. The molecule has 44 heavy (non-hydrogen) atoms. The normalized spacial score (nSPS) is 10.2. The van der Waals surface area contributed by atoms with Crippen LogP contribution >= 0.6 is 0 Å². The van der Waals surface area contributed by atoms with E-state index in [0.717, 1.165) is 33.6 Å².